The van der Waals surface area contributed by atoms with Crippen LogP contribution in [0.5, 0.6) is 0 Å². The van der Waals surface area contributed by atoms with Gasteiger partial charge in [0, 0.05) is 54.8 Å². The van der Waals surface area contributed by atoms with Gasteiger partial charge in [0.2, 0.25) is 5.95 Å². The minimum Gasteiger partial charge on any atom is -0.309 e. The van der Waals surface area contributed by atoms with Gasteiger partial charge in [-0.3, -0.25) is 4.57 Å². The number of nitrogens with zero attached hydrogens (tertiary/aromatic N) is 6. The van der Waals surface area contributed by atoms with Crippen molar-refractivity contribution in [2.24, 2.45) is 0 Å². The summed E-state index contributed by atoms with van der Waals surface area (Å²) in [5.74, 6) is 1.75. The first kappa shape index (κ1) is 35.2. The molecule has 294 valence electrons. The van der Waals surface area contributed by atoms with Crippen molar-refractivity contribution >= 4 is 65.4 Å². The highest BCUT2D eigenvalue weighted by atomic mass is 15.2. The van der Waals surface area contributed by atoms with Gasteiger partial charge in [0.1, 0.15) is 0 Å². The highest BCUT2D eigenvalue weighted by Crippen LogP contribution is 2.42. The number of para-hydroxylation sites is 5. The molecule has 13 rings (SSSR count). The second kappa shape index (κ2) is 14.0. The van der Waals surface area contributed by atoms with Crippen molar-refractivity contribution in [3.8, 4) is 51.2 Å². The van der Waals surface area contributed by atoms with Gasteiger partial charge in [-0.2, -0.15) is 9.97 Å². The van der Waals surface area contributed by atoms with Crippen LogP contribution < -0.4 is 0 Å². The van der Waals surface area contributed by atoms with Crippen LogP contribution >= 0.6 is 0 Å². The highest BCUT2D eigenvalue weighted by molar-refractivity contribution is 6.28. The summed E-state index contributed by atoms with van der Waals surface area (Å²) in [6, 6.07) is 77.2. The third kappa shape index (κ3) is 5.48. The number of benzene rings is 9. The van der Waals surface area contributed by atoms with E-state index in [1.165, 1.54) is 21.5 Å². The van der Waals surface area contributed by atoms with Crippen molar-refractivity contribution in [2.75, 3.05) is 0 Å². The fraction of sp³-hybridized carbons (Fsp3) is 0. The number of hydrogen-bond donors (Lipinski definition) is 0. The zero-order valence-electron chi connectivity index (χ0n) is 34.0. The summed E-state index contributed by atoms with van der Waals surface area (Å²) in [5.41, 5.74) is 12.9. The Balaban J connectivity index is 1.10. The minimum absolute atomic E-state index is 0.557. The van der Waals surface area contributed by atoms with E-state index in [1.54, 1.807) is 0 Å². The van der Waals surface area contributed by atoms with Crippen LogP contribution in [0.15, 0.2) is 218 Å². The predicted octanol–water partition coefficient (Wildman–Crippen LogP) is 14.2. The molecule has 0 N–H and O–H groups in total. The van der Waals surface area contributed by atoms with Crippen molar-refractivity contribution in [3.05, 3.63) is 218 Å². The molecule has 0 radical (unpaired) electrons. The van der Waals surface area contributed by atoms with Crippen molar-refractivity contribution in [1.29, 1.82) is 0 Å². The summed E-state index contributed by atoms with van der Waals surface area (Å²) in [6.07, 6.45) is 0. The zero-order chi connectivity index (χ0) is 41.4. The van der Waals surface area contributed by atoms with E-state index in [0.717, 1.165) is 77.5 Å². The summed E-state index contributed by atoms with van der Waals surface area (Å²) in [5, 5.41) is 7.06. The standard InChI is InChI=1S/C57H36N6/c1-4-17-37(18-5-1)38-19-16-20-39(35-38)55-58-56(40-31-32-44-43-25-10-13-28-47(43)62(52(44)36-40)42-23-8-3-9-24-42)60-57(59-55)63-49-30-15-12-27-46(49)54-51(63)34-33-50-53(54)45-26-11-14-29-48(45)61(50)41-21-6-2-7-22-41/h1-36H. The summed E-state index contributed by atoms with van der Waals surface area (Å²) < 4.78 is 6.94. The lowest BCUT2D eigenvalue weighted by atomic mass is 10.0. The summed E-state index contributed by atoms with van der Waals surface area (Å²) in [6.45, 7) is 0. The van der Waals surface area contributed by atoms with Gasteiger partial charge in [-0.05, 0) is 77.9 Å². The Morgan fingerprint density at radius 2 is 0.698 bits per heavy atom. The SMILES string of the molecule is c1ccc(-c2cccc(-c3nc(-c4ccc5c6ccccc6n(-c6ccccc6)c5c4)nc(-n4c5ccccc5c5c6c7ccccc7n(-c7ccccc7)c6ccc54)n3)c2)cc1. The second-order valence-electron chi connectivity index (χ2n) is 16.0. The Morgan fingerprint density at radius 1 is 0.254 bits per heavy atom. The number of rotatable bonds is 6. The monoisotopic (exact) mass is 804 g/mol. The van der Waals surface area contributed by atoms with E-state index >= 15 is 0 Å². The molecular weight excluding hydrogens is 769 g/mol. The van der Waals surface area contributed by atoms with Gasteiger partial charge in [0.15, 0.2) is 11.6 Å². The smallest absolute Gasteiger partial charge is 0.238 e. The molecule has 0 amide bonds. The molecule has 0 saturated heterocycles. The Kier molecular flexibility index (Phi) is 7.80. The summed E-state index contributed by atoms with van der Waals surface area (Å²) in [4.78, 5) is 16.2. The molecule has 0 atom stereocenters. The lowest BCUT2D eigenvalue weighted by molar-refractivity contribution is 0.953. The molecule has 6 heteroatoms. The van der Waals surface area contributed by atoms with Gasteiger partial charge < -0.3 is 9.13 Å². The average molecular weight is 805 g/mol. The topological polar surface area (TPSA) is 53.5 Å². The number of fused-ring (bicyclic) bond motifs is 10. The molecule has 63 heavy (non-hydrogen) atoms. The van der Waals surface area contributed by atoms with E-state index in [2.05, 4.69) is 226 Å². The van der Waals surface area contributed by atoms with Crippen LogP contribution in [0.3, 0.4) is 0 Å². The molecule has 0 spiro atoms. The largest absolute Gasteiger partial charge is 0.309 e. The summed E-state index contributed by atoms with van der Waals surface area (Å²) >= 11 is 0. The summed E-state index contributed by atoms with van der Waals surface area (Å²) in [7, 11) is 0. The molecule has 4 heterocycles. The lowest BCUT2D eigenvalue weighted by Gasteiger charge is -2.12. The molecule has 13 aromatic rings. The fourth-order valence-corrected chi connectivity index (χ4v) is 9.75. The Labute approximate surface area is 362 Å². The first-order valence-corrected chi connectivity index (χ1v) is 21.3. The van der Waals surface area contributed by atoms with Crippen molar-refractivity contribution in [1.82, 2.24) is 28.7 Å². The maximum absolute atomic E-state index is 5.44. The lowest BCUT2D eigenvalue weighted by Crippen LogP contribution is -2.06. The molecule has 0 aliphatic rings. The Bertz CT molecular complexity index is 3900. The second-order valence-corrected chi connectivity index (χ2v) is 16.0. The Morgan fingerprint density at radius 3 is 1.33 bits per heavy atom. The van der Waals surface area contributed by atoms with Gasteiger partial charge in [0.05, 0.1) is 33.1 Å². The normalized spacial score (nSPS) is 11.8. The third-order valence-corrected chi connectivity index (χ3v) is 12.5. The van der Waals surface area contributed by atoms with Crippen LogP contribution in [-0.4, -0.2) is 28.7 Å². The van der Waals surface area contributed by atoms with Crippen LogP contribution in [0.2, 0.25) is 0 Å². The predicted molar refractivity (Wildman–Crippen MR) is 259 cm³/mol. The van der Waals surface area contributed by atoms with Gasteiger partial charge in [-0.1, -0.05) is 152 Å². The van der Waals surface area contributed by atoms with Crippen LogP contribution in [0.25, 0.3) is 117 Å². The van der Waals surface area contributed by atoms with E-state index in [9.17, 15) is 0 Å². The van der Waals surface area contributed by atoms with Crippen LogP contribution in [0.4, 0.5) is 0 Å². The van der Waals surface area contributed by atoms with E-state index in [1.807, 2.05) is 6.07 Å². The molecule has 4 aromatic heterocycles. The maximum atomic E-state index is 5.44. The molecule has 0 aliphatic carbocycles. The van der Waals surface area contributed by atoms with E-state index in [4.69, 9.17) is 15.0 Å². The van der Waals surface area contributed by atoms with Gasteiger partial charge in [-0.25, -0.2) is 4.98 Å². The molecule has 0 bridgehead atoms. The average Bonchev–Trinajstić information content (AvgIpc) is 4.00. The minimum atomic E-state index is 0.557. The first-order valence-electron chi connectivity index (χ1n) is 21.3. The van der Waals surface area contributed by atoms with Gasteiger partial charge >= 0.3 is 0 Å². The van der Waals surface area contributed by atoms with E-state index in [-0.39, 0.29) is 0 Å². The van der Waals surface area contributed by atoms with E-state index in [0.29, 0.717) is 17.6 Å². The van der Waals surface area contributed by atoms with Crippen LogP contribution in [0.1, 0.15) is 0 Å². The maximum Gasteiger partial charge on any atom is 0.238 e. The van der Waals surface area contributed by atoms with E-state index < -0.39 is 0 Å². The molecule has 0 fully saturated rings. The van der Waals surface area contributed by atoms with Crippen molar-refractivity contribution in [2.45, 2.75) is 0 Å². The number of aromatic nitrogens is 6. The molecule has 9 aromatic carbocycles. The van der Waals surface area contributed by atoms with Crippen molar-refractivity contribution < 1.29 is 0 Å². The zero-order valence-corrected chi connectivity index (χ0v) is 34.0. The van der Waals surface area contributed by atoms with Gasteiger partial charge in [0.25, 0.3) is 0 Å². The quantitative estimate of drug-likeness (QED) is 0.168. The third-order valence-electron chi connectivity index (χ3n) is 12.5. The van der Waals surface area contributed by atoms with Crippen LogP contribution in [0, 0.1) is 0 Å². The molecule has 0 aliphatic heterocycles. The first-order chi connectivity index (χ1) is 31.3. The number of hydrogen-bond acceptors (Lipinski definition) is 3. The van der Waals surface area contributed by atoms with Crippen molar-refractivity contribution in [3.63, 3.8) is 0 Å². The molecule has 0 unspecified atom stereocenters. The molecule has 6 nitrogen and oxygen atoms in total. The fourth-order valence-electron chi connectivity index (χ4n) is 9.75. The molecular formula is C57H36N6. The van der Waals surface area contributed by atoms with Crippen LogP contribution in [-0.2, 0) is 0 Å². The molecule has 0 saturated carbocycles. The van der Waals surface area contributed by atoms with Gasteiger partial charge in [-0.15, -0.1) is 0 Å². The Hall–Kier alpha value is -8.61. The highest BCUT2D eigenvalue weighted by Gasteiger charge is 2.23.